The fraction of sp³-hybridized carbons (Fsp3) is 0.682. The molecule has 1 saturated heterocycles. The zero-order valence-corrected chi connectivity index (χ0v) is 18.6. The summed E-state index contributed by atoms with van der Waals surface area (Å²) in [4.78, 5) is 12.5. The van der Waals surface area contributed by atoms with Crippen LogP contribution >= 0.6 is 0 Å². The normalized spacial score (nSPS) is 22.4. The Balaban J connectivity index is 0.00000272. The number of benzene rings is 1. The number of nitrogens with zero attached hydrogens (tertiary/aromatic N) is 1. The van der Waals surface area contributed by atoms with Crippen LogP contribution < -0.4 is 9.46 Å². The van der Waals surface area contributed by atoms with Crippen LogP contribution in [-0.4, -0.2) is 38.3 Å². The van der Waals surface area contributed by atoms with E-state index in [0.717, 1.165) is 50.5 Å². The molecule has 168 valence electrons. The van der Waals surface area contributed by atoms with Gasteiger partial charge in [-0.25, -0.2) is 9.11 Å². The summed E-state index contributed by atoms with van der Waals surface area (Å²) in [6, 6.07) is 2.73. The summed E-state index contributed by atoms with van der Waals surface area (Å²) in [5.41, 5.74) is 0.944. The Hall–Kier alpha value is -1.67. The first-order valence-electron chi connectivity index (χ1n) is 10.9. The van der Waals surface area contributed by atoms with Crippen LogP contribution in [0.15, 0.2) is 12.1 Å². The molecular formula is C22H33FN2O4S. The molecule has 6 nitrogen and oxygen atoms in total. The lowest BCUT2D eigenvalue weighted by Gasteiger charge is -2.34. The molecule has 0 radical (unpaired) electrons. The molecule has 0 aromatic heterocycles. The minimum Gasteiger partial charge on any atom is -0.493 e. The van der Waals surface area contributed by atoms with Gasteiger partial charge in [-0.2, -0.15) is 12.7 Å². The van der Waals surface area contributed by atoms with E-state index in [1.165, 1.54) is 16.4 Å². The van der Waals surface area contributed by atoms with E-state index in [-0.39, 0.29) is 12.9 Å². The highest BCUT2D eigenvalue weighted by molar-refractivity contribution is 7.87. The van der Waals surface area contributed by atoms with Crippen molar-refractivity contribution in [1.29, 1.82) is 0 Å². The Morgan fingerprint density at radius 3 is 2.47 bits per heavy atom. The van der Waals surface area contributed by atoms with E-state index in [0.29, 0.717) is 36.8 Å². The van der Waals surface area contributed by atoms with E-state index in [2.05, 4.69) is 13.8 Å². The number of nitrogens with one attached hydrogen (secondary N) is 1. The molecule has 1 aromatic rings. The van der Waals surface area contributed by atoms with Crippen LogP contribution in [0.3, 0.4) is 0 Å². The Bertz CT molecular complexity index is 920. The third-order valence-electron chi connectivity index (χ3n) is 6.67. The average Bonchev–Trinajstić information content (AvgIpc) is 3.43. The van der Waals surface area contributed by atoms with Crippen molar-refractivity contribution in [2.75, 3.05) is 19.7 Å². The molecule has 3 aliphatic rings. The minimum absolute atomic E-state index is 0. The lowest BCUT2D eigenvalue weighted by molar-refractivity contribution is 0.0973. The maximum atomic E-state index is 14.8. The smallest absolute Gasteiger partial charge is 0.304 e. The first-order chi connectivity index (χ1) is 14.1. The van der Waals surface area contributed by atoms with Gasteiger partial charge in [0.2, 0.25) is 0 Å². The predicted octanol–water partition coefficient (Wildman–Crippen LogP) is 4.22. The van der Waals surface area contributed by atoms with Crippen LogP contribution in [-0.2, 0) is 10.2 Å². The van der Waals surface area contributed by atoms with E-state index >= 15 is 0 Å². The van der Waals surface area contributed by atoms with Gasteiger partial charge < -0.3 is 4.74 Å². The summed E-state index contributed by atoms with van der Waals surface area (Å²) in [7, 11) is -3.91. The largest absolute Gasteiger partial charge is 0.493 e. The first kappa shape index (κ1) is 21.6. The second kappa shape index (κ2) is 8.11. The van der Waals surface area contributed by atoms with Gasteiger partial charge in [-0.15, -0.1) is 0 Å². The summed E-state index contributed by atoms with van der Waals surface area (Å²) in [5, 5.41) is 0. The first-order valence-corrected chi connectivity index (χ1v) is 12.4. The maximum absolute atomic E-state index is 14.8. The van der Waals surface area contributed by atoms with Crippen molar-refractivity contribution in [3.63, 3.8) is 0 Å². The van der Waals surface area contributed by atoms with Crippen molar-refractivity contribution < 1.29 is 23.8 Å². The molecule has 1 N–H and O–H groups in total. The molecule has 1 aliphatic heterocycles. The number of hydrogen-bond donors (Lipinski definition) is 1. The van der Waals surface area contributed by atoms with Crippen LogP contribution in [0.2, 0.25) is 0 Å². The van der Waals surface area contributed by atoms with Gasteiger partial charge >= 0.3 is 10.2 Å². The van der Waals surface area contributed by atoms with E-state index in [9.17, 15) is 17.6 Å². The van der Waals surface area contributed by atoms with E-state index in [1.807, 2.05) is 4.72 Å². The van der Waals surface area contributed by atoms with E-state index in [4.69, 9.17) is 4.74 Å². The minimum atomic E-state index is -3.91. The zero-order valence-electron chi connectivity index (χ0n) is 17.7. The predicted molar refractivity (Wildman–Crippen MR) is 114 cm³/mol. The quantitative estimate of drug-likeness (QED) is 0.689. The zero-order chi connectivity index (χ0) is 21.5. The summed E-state index contributed by atoms with van der Waals surface area (Å²) in [6.07, 6.45) is 7.22. The Morgan fingerprint density at radius 1 is 1.23 bits per heavy atom. The average molecular weight is 441 g/mol. The van der Waals surface area contributed by atoms with Gasteiger partial charge in [-0.05, 0) is 73.8 Å². The van der Waals surface area contributed by atoms with Crippen molar-refractivity contribution in [3.05, 3.63) is 29.1 Å². The molecule has 0 atom stereocenters. The highest BCUT2D eigenvalue weighted by atomic mass is 32.2. The molecular weight excluding hydrogens is 407 g/mol. The van der Waals surface area contributed by atoms with Gasteiger partial charge in [0.05, 0.1) is 12.2 Å². The van der Waals surface area contributed by atoms with Gasteiger partial charge in [0.25, 0.3) is 5.91 Å². The Labute approximate surface area is 179 Å². The standard InChI is InChI=1S/C22H31FN2O4S.H2/c1-22(2)8-6-15(7-9-22)14-29-20-13-19(23)18(12-17(20)16-4-5-16)21(26)24-30(27,28)25-10-3-11-25;/h12-13,15-16H,3-11,14H2,1-2H3,(H,24,26);1H. The van der Waals surface area contributed by atoms with Gasteiger partial charge in [0.1, 0.15) is 11.6 Å². The molecule has 0 spiro atoms. The van der Waals surface area contributed by atoms with Gasteiger partial charge in [-0.3, -0.25) is 4.79 Å². The van der Waals surface area contributed by atoms with Crippen LogP contribution in [0.25, 0.3) is 0 Å². The van der Waals surface area contributed by atoms with Gasteiger partial charge in [-0.1, -0.05) is 13.8 Å². The lowest BCUT2D eigenvalue weighted by atomic mass is 9.73. The summed E-state index contributed by atoms with van der Waals surface area (Å²) in [6.45, 7) is 5.88. The second-order valence-corrected chi connectivity index (χ2v) is 11.4. The Morgan fingerprint density at radius 2 is 1.90 bits per heavy atom. The van der Waals surface area contributed by atoms with Crippen LogP contribution in [0.4, 0.5) is 4.39 Å². The molecule has 3 fully saturated rings. The molecule has 0 bridgehead atoms. The van der Waals surface area contributed by atoms with Crippen LogP contribution in [0, 0.1) is 17.2 Å². The third kappa shape index (κ3) is 4.80. The highest BCUT2D eigenvalue weighted by Gasteiger charge is 2.33. The molecule has 2 saturated carbocycles. The lowest BCUT2D eigenvalue weighted by Crippen LogP contribution is -2.49. The fourth-order valence-electron chi connectivity index (χ4n) is 4.18. The maximum Gasteiger partial charge on any atom is 0.304 e. The number of hydrogen-bond acceptors (Lipinski definition) is 4. The molecule has 0 unspecified atom stereocenters. The molecule has 4 rings (SSSR count). The van der Waals surface area contributed by atoms with E-state index in [1.54, 1.807) is 0 Å². The topological polar surface area (TPSA) is 75.7 Å². The molecule has 2 aliphatic carbocycles. The second-order valence-electron chi connectivity index (χ2n) is 9.75. The number of halogens is 1. The number of rotatable bonds is 7. The molecule has 1 aromatic carbocycles. The summed E-state index contributed by atoms with van der Waals surface area (Å²) in [5.74, 6) is -0.498. The number of carbonyl (C=O) groups excluding carboxylic acids is 1. The van der Waals surface area contributed by atoms with Crippen molar-refractivity contribution in [1.82, 2.24) is 9.03 Å². The van der Waals surface area contributed by atoms with E-state index < -0.39 is 21.9 Å². The van der Waals surface area contributed by atoms with Crippen molar-refractivity contribution in [2.24, 2.45) is 11.3 Å². The van der Waals surface area contributed by atoms with Crippen molar-refractivity contribution in [2.45, 2.75) is 64.7 Å². The molecule has 1 heterocycles. The number of carbonyl (C=O) groups is 1. The molecule has 8 heteroatoms. The molecule has 30 heavy (non-hydrogen) atoms. The van der Waals surface area contributed by atoms with Crippen LogP contribution in [0.5, 0.6) is 5.75 Å². The number of ether oxygens (including phenoxy) is 1. The summed E-state index contributed by atoms with van der Waals surface area (Å²) >= 11 is 0. The van der Waals surface area contributed by atoms with Crippen LogP contribution in [0.1, 0.15) is 82.1 Å². The van der Waals surface area contributed by atoms with Gasteiger partial charge in [0.15, 0.2) is 0 Å². The molecule has 1 amide bonds. The highest BCUT2D eigenvalue weighted by Crippen LogP contribution is 2.45. The van der Waals surface area contributed by atoms with Gasteiger partial charge in [0, 0.05) is 20.6 Å². The SMILES string of the molecule is CC1(C)CCC(COc2cc(F)c(C(=O)NS(=O)(=O)N3CCC3)cc2C2CC2)CC1.[HH]. The van der Waals surface area contributed by atoms with Crippen molar-refractivity contribution in [3.8, 4) is 5.75 Å². The Kier molecular flexibility index (Phi) is 5.83. The van der Waals surface area contributed by atoms with Crippen molar-refractivity contribution >= 4 is 16.1 Å². The fourth-order valence-corrected chi connectivity index (χ4v) is 5.39. The third-order valence-corrected chi connectivity index (χ3v) is 8.16. The monoisotopic (exact) mass is 440 g/mol. The number of amides is 1. The summed E-state index contributed by atoms with van der Waals surface area (Å²) < 4.78 is 48.3.